The Hall–Kier alpha value is 0.310. The lowest BCUT2D eigenvalue weighted by molar-refractivity contribution is -0.0693. The lowest BCUT2D eigenvalue weighted by Gasteiger charge is -2.59. The largest absolute Gasteiger partial charge is 0.313 e. The lowest BCUT2D eigenvalue weighted by Crippen LogP contribution is -2.57. The first-order valence-corrected chi connectivity index (χ1v) is 10.2. The van der Waals surface area contributed by atoms with E-state index in [1.165, 1.54) is 30.9 Å². The zero-order valence-electron chi connectivity index (χ0n) is 13.5. The molecule has 0 aliphatic heterocycles. The molecular weight excluding hydrogens is 262 g/mol. The van der Waals surface area contributed by atoms with Crippen LogP contribution in [-0.2, 0) is 0 Å². The van der Waals surface area contributed by atoms with Gasteiger partial charge in [0, 0.05) is 11.8 Å². The molecule has 1 nitrogen and oxygen atoms in total. The number of hydrogen-bond acceptors (Lipinski definition) is 2. The highest BCUT2D eigenvalue weighted by Crippen LogP contribution is 2.61. The van der Waals surface area contributed by atoms with Crippen molar-refractivity contribution in [2.75, 3.05) is 18.1 Å². The molecule has 4 saturated carbocycles. The van der Waals surface area contributed by atoms with E-state index in [1.807, 2.05) is 0 Å². The Bertz CT molecular complexity index is 279. The van der Waals surface area contributed by atoms with E-state index in [-0.39, 0.29) is 0 Å². The van der Waals surface area contributed by atoms with E-state index in [0.717, 1.165) is 23.8 Å². The van der Waals surface area contributed by atoms with Gasteiger partial charge in [0.2, 0.25) is 0 Å². The van der Waals surface area contributed by atoms with Crippen molar-refractivity contribution in [1.29, 1.82) is 0 Å². The fraction of sp³-hybridized carbons (Fsp3) is 1.00. The van der Waals surface area contributed by atoms with Crippen molar-refractivity contribution in [3.8, 4) is 0 Å². The summed E-state index contributed by atoms with van der Waals surface area (Å²) in [6.45, 7) is 5.84. The average molecular weight is 296 g/mol. The number of rotatable bonds is 8. The highest BCUT2D eigenvalue weighted by Gasteiger charge is 2.53. The molecule has 1 atom stereocenters. The van der Waals surface area contributed by atoms with Crippen molar-refractivity contribution in [1.82, 2.24) is 5.32 Å². The van der Waals surface area contributed by atoms with Crippen molar-refractivity contribution in [2.24, 2.45) is 23.2 Å². The van der Waals surface area contributed by atoms with Gasteiger partial charge in [-0.1, -0.05) is 13.8 Å². The zero-order chi connectivity index (χ0) is 14.0. The maximum absolute atomic E-state index is 3.96. The highest BCUT2D eigenvalue weighted by atomic mass is 32.2. The van der Waals surface area contributed by atoms with Crippen LogP contribution >= 0.6 is 11.8 Å². The summed E-state index contributed by atoms with van der Waals surface area (Å²) in [5.74, 6) is 5.96. The third-order valence-corrected chi connectivity index (χ3v) is 7.36. The van der Waals surface area contributed by atoms with Gasteiger partial charge in [0.15, 0.2) is 0 Å². The van der Waals surface area contributed by atoms with Gasteiger partial charge in [0.05, 0.1) is 0 Å². The third-order valence-electron chi connectivity index (χ3n) is 6.10. The minimum absolute atomic E-state index is 0.685. The Balaban J connectivity index is 1.68. The van der Waals surface area contributed by atoms with E-state index in [9.17, 15) is 0 Å². The summed E-state index contributed by atoms with van der Waals surface area (Å²) >= 11 is 2.20. The van der Waals surface area contributed by atoms with E-state index in [0.29, 0.717) is 5.41 Å². The summed E-state index contributed by atoms with van der Waals surface area (Å²) < 4.78 is 0. The van der Waals surface area contributed by atoms with E-state index in [1.54, 1.807) is 38.5 Å². The average Bonchev–Trinajstić information content (AvgIpc) is 2.41. The molecule has 0 aromatic carbocycles. The van der Waals surface area contributed by atoms with Crippen LogP contribution in [0.15, 0.2) is 0 Å². The second kappa shape index (κ2) is 6.60. The fourth-order valence-corrected chi connectivity index (χ4v) is 6.88. The Morgan fingerprint density at radius 1 is 1.00 bits per heavy atom. The Morgan fingerprint density at radius 3 is 2.10 bits per heavy atom. The summed E-state index contributed by atoms with van der Waals surface area (Å²) in [6, 6.07) is 0.799. The van der Waals surface area contributed by atoms with Gasteiger partial charge >= 0.3 is 0 Å². The van der Waals surface area contributed by atoms with E-state index >= 15 is 0 Å². The molecule has 0 heterocycles. The quantitative estimate of drug-likeness (QED) is 0.651. The van der Waals surface area contributed by atoms with Crippen molar-refractivity contribution in [2.45, 2.75) is 71.3 Å². The summed E-state index contributed by atoms with van der Waals surface area (Å²) in [4.78, 5) is 0. The molecule has 0 amide bonds. The highest BCUT2D eigenvalue weighted by molar-refractivity contribution is 7.99. The van der Waals surface area contributed by atoms with Gasteiger partial charge in [0.1, 0.15) is 0 Å². The predicted molar refractivity (Wildman–Crippen MR) is 90.3 cm³/mol. The van der Waals surface area contributed by atoms with Gasteiger partial charge in [-0.15, -0.1) is 0 Å². The first-order chi connectivity index (χ1) is 9.75. The van der Waals surface area contributed by atoms with Gasteiger partial charge in [-0.2, -0.15) is 11.8 Å². The number of nitrogens with one attached hydrogen (secondary N) is 1. The van der Waals surface area contributed by atoms with Gasteiger partial charge in [-0.3, -0.25) is 0 Å². The maximum atomic E-state index is 3.96. The van der Waals surface area contributed by atoms with Crippen LogP contribution < -0.4 is 5.32 Å². The fourth-order valence-electron chi connectivity index (χ4n) is 5.72. The van der Waals surface area contributed by atoms with Crippen molar-refractivity contribution >= 4 is 11.8 Å². The van der Waals surface area contributed by atoms with Crippen LogP contribution in [0.3, 0.4) is 0 Å². The van der Waals surface area contributed by atoms with Crippen molar-refractivity contribution in [3.05, 3.63) is 0 Å². The SMILES string of the molecule is CCCNC(CSCCC)C12CC3CC(CC(C3)C1)C2. The molecular formula is C18H33NS. The van der Waals surface area contributed by atoms with Crippen LogP contribution in [0.2, 0.25) is 0 Å². The normalized spacial score (nSPS) is 40.2. The molecule has 0 radical (unpaired) electrons. The molecule has 116 valence electrons. The summed E-state index contributed by atoms with van der Waals surface area (Å²) in [7, 11) is 0. The topological polar surface area (TPSA) is 12.0 Å². The molecule has 0 saturated heterocycles. The van der Waals surface area contributed by atoms with E-state index in [2.05, 4.69) is 30.9 Å². The summed E-state index contributed by atoms with van der Waals surface area (Å²) in [6.07, 6.45) is 12.0. The standard InChI is InChI=1S/C18H33NS/c1-3-5-19-17(13-20-6-4-2)18-10-14-7-15(11-18)9-16(8-14)12-18/h14-17,19H,3-13H2,1-2H3. The molecule has 1 N–H and O–H groups in total. The molecule has 4 fully saturated rings. The Morgan fingerprint density at radius 2 is 1.60 bits per heavy atom. The Labute approximate surface area is 130 Å². The third kappa shape index (κ3) is 3.06. The van der Waals surface area contributed by atoms with Gasteiger partial charge in [0.25, 0.3) is 0 Å². The second-order valence-electron chi connectivity index (χ2n) is 7.86. The van der Waals surface area contributed by atoms with Gasteiger partial charge in [-0.05, 0) is 86.8 Å². The minimum atomic E-state index is 0.685. The molecule has 4 rings (SSSR count). The van der Waals surface area contributed by atoms with E-state index < -0.39 is 0 Å². The van der Waals surface area contributed by atoms with Crippen LogP contribution in [0, 0.1) is 23.2 Å². The monoisotopic (exact) mass is 295 g/mol. The summed E-state index contributed by atoms with van der Waals surface area (Å²) in [5.41, 5.74) is 0.685. The molecule has 4 aliphatic carbocycles. The smallest absolute Gasteiger partial charge is 0.0214 e. The molecule has 0 aromatic rings. The first kappa shape index (κ1) is 15.2. The second-order valence-corrected chi connectivity index (χ2v) is 9.01. The molecule has 0 spiro atoms. The zero-order valence-corrected chi connectivity index (χ0v) is 14.3. The predicted octanol–water partition coefficient (Wildman–Crippen LogP) is 4.71. The molecule has 20 heavy (non-hydrogen) atoms. The van der Waals surface area contributed by atoms with Crippen LogP contribution in [0.5, 0.6) is 0 Å². The molecule has 0 aromatic heterocycles. The Kier molecular flexibility index (Phi) is 5.02. The molecule has 1 unspecified atom stereocenters. The molecule has 4 bridgehead atoms. The van der Waals surface area contributed by atoms with Crippen molar-refractivity contribution < 1.29 is 0 Å². The van der Waals surface area contributed by atoms with E-state index in [4.69, 9.17) is 0 Å². The maximum Gasteiger partial charge on any atom is 0.0214 e. The lowest BCUT2D eigenvalue weighted by atomic mass is 9.48. The summed E-state index contributed by atoms with van der Waals surface area (Å²) in [5, 5.41) is 3.96. The van der Waals surface area contributed by atoms with Gasteiger partial charge in [-0.25, -0.2) is 0 Å². The van der Waals surface area contributed by atoms with Crippen LogP contribution in [0.25, 0.3) is 0 Å². The van der Waals surface area contributed by atoms with Gasteiger partial charge < -0.3 is 5.32 Å². The number of hydrogen-bond donors (Lipinski definition) is 1. The molecule has 4 aliphatic rings. The van der Waals surface area contributed by atoms with Crippen LogP contribution in [0.4, 0.5) is 0 Å². The first-order valence-electron chi connectivity index (χ1n) is 9.07. The number of thioether (sulfide) groups is 1. The molecule has 2 heteroatoms. The van der Waals surface area contributed by atoms with Crippen molar-refractivity contribution in [3.63, 3.8) is 0 Å². The van der Waals surface area contributed by atoms with Crippen LogP contribution in [0.1, 0.15) is 65.2 Å². The van der Waals surface area contributed by atoms with Crippen LogP contribution in [-0.4, -0.2) is 24.1 Å². The minimum Gasteiger partial charge on any atom is -0.313 e.